The van der Waals surface area contributed by atoms with Gasteiger partial charge in [0.05, 0.1) is 10.2 Å². The average Bonchev–Trinajstić information content (AvgIpc) is 2.07. The van der Waals surface area contributed by atoms with Crippen molar-refractivity contribution in [3.8, 4) is 5.75 Å². The molecule has 0 aromatic heterocycles. The van der Waals surface area contributed by atoms with Crippen molar-refractivity contribution in [2.45, 2.75) is 33.1 Å². The van der Waals surface area contributed by atoms with Crippen LogP contribution in [0.1, 0.15) is 33.3 Å². The summed E-state index contributed by atoms with van der Waals surface area (Å²) in [4.78, 5) is 0. The number of hydrogen-bond acceptors (Lipinski definition) is 1. The number of benzene rings is 1. The van der Waals surface area contributed by atoms with E-state index in [-0.39, 0.29) is 5.41 Å². The molecule has 0 bridgehead atoms. The highest BCUT2D eigenvalue weighted by Gasteiger charge is 2.14. The predicted molar refractivity (Wildman–Crippen MR) is 69.0 cm³/mol. The molecule has 0 aliphatic rings. The maximum absolute atomic E-state index is 5.50. The zero-order valence-corrected chi connectivity index (χ0v) is 11.4. The van der Waals surface area contributed by atoms with Crippen molar-refractivity contribution >= 4 is 22.6 Å². The van der Waals surface area contributed by atoms with Crippen molar-refractivity contribution in [2.75, 3.05) is 6.61 Å². The Bertz CT molecular complexity index is 313. The Morgan fingerprint density at radius 2 is 1.93 bits per heavy atom. The predicted octanol–water partition coefficient (Wildman–Crippen LogP) is 3.99. The Hall–Kier alpha value is -0.250. The molecule has 0 amide bonds. The van der Waals surface area contributed by atoms with Crippen LogP contribution in [0.25, 0.3) is 0 Å². The van der Waals surface area contributed by atoms with Gasteiger partial charge in [-0.3, -0.25) is 0 Å². The molecular weight excluding hydrogens is 287 g/mol. The van der Waals surface area contributed by atoms with Crippen LogP contribution in [0.15, 0.2) is 18.2 Å². The quantitative estimate of drug-likeness (QED) is 0.751. The summed E-state index contributed by atoms with van der Waals surface area (Å²) in [5.41, 5.74) is 1.57. The van der Waals surface area contributed by atoms with Crippen LogP contribution >= 0.6 is 22.6 Å². The minimum absolute atomic E-state index is 0.213. The molecule has 14 heavy (non-hydrogen) atoms. The fourth-order valence-electron chi connectivity index (χ4n) is 1.24. The topological polar surface area (TPSA) is 9.23 Å². The normalized spacial score (nSPS) is 11.5. The zero-order valence-electron chi connectivity index (χ0n) is 9.23. The average molecular weight is 304 g/mol. The van der Waals surface area contributed by atoms with Crippen molar-refractivity contribution in [1.82, 2.24) is 0 Å². The van der Waals surface area contributed by atoms with Crippen LogP contribution in [0.2, 0.25) is 0 Å². The molecule has 0 atom stereocenters. The molecule has 0 N–H and O–H groups in total. The van der Waals surface area contributed by atoms with E-state index in [9.17, 15) is 0 Å². The number of hydrogen-bond donors (Lipinski definition) is 0. The van der Waals surface area contributed by atoms with E-state index >= 15 is 0 Å². The Kier molecular flexibility index (Phi) is 3.81. The molecule has 0 saturated heterocycles. The molecule has 0 aliphatic heterocycles. The molecule has 2 heteroatoms. The first-order valence-electron chi connectivity index (χ1n) is 4.88. The van der Waals surface area contributed by atoms with Crippen LogP contribution in [-0.4, -0.2) is 6.61 Å². The van der Waals surface area contributed by atoms with Crippen molar-refractivity contribution in [3.05, 3.63) is 27.3 Å². The molecule has 0 aliphatic carbocycles. The molecule has 0 fully saturated rings. The third kappa shape index (κ3) is 2.87. The number of rotatable bonds is 2. The van der Waals surface area contributed by atoms with Gasteiger partial charge in [-0.1, -0.05) is 26.8 Å². The monoisotopic (exact) mass is 304 g/mol. The first-order chi connectivity index (χ1) is 6.45. The Morgan fingerprint density at radius 1 is 1.29 bits per heavy atom. The number of ether oxygens (including phenoxy) is 1. The third-order valence-corrected chi connectivity index (χ3v) is 2.94. The largest absolute Gasteiger partial charge is 0.493 e. The molecule has 0 unspecified atom stereocenters. The first-order valence-corrected chi connectivity index (χ1v) is 5.96. The minimum Gasteiger partial charge on any atom is -0.493 e. The van der Waals surface area contributed by atoms with Gasteiger partial charge in [0.25, 0.3) is 0 Å². The van der Waals surface area contributed by atoms with E-state index in [1.165, 1.54) is 9.13 Å². The highest BCUT2D eigenvalue weighted by atomic mass is 127. The van der Waals surface area contributed by atoms with E-state index in [2.05, 4.69) is 61.6 Å². The second-order valence-electron chi connectivity index (χ2n) is 4.33. The standard InChI is InChI=1S/C12H17IO/c1-5-14-11-7-6-9(8-10(11)13)12(2,3)4/h6-8H,5H2,1-4H3. The van der Waals surface area contributed by atoms with Crippen LogP contribution in [-0.2, 0) is 5.41 Å². The van der Waals surface area contributed by atoms with Gasteiger partial charge in [0.1, 0.15) is 5.75 Å². The summed E-state index contributed by atoms with van der Waals surface area (Å²) in [5.74, 6) is 0.987. The second kappa shape index (κ2) is 4.51. The summed E-state index contributed by atoms with van der Waals surface area (Å²) >= 11 is 2.32. The van der Waals surface area contributed by atoms with Gasteiger partial charge in [0.2, 0.25) is 0 Å². The van der Waals surface area contributed by atoms with E-state index in [0.717, 1.165) is 12.4 Å². The van der Waals surface area contributed by atoms with Gasteiger partial charge < -0.3 is 4.74 Å². The van der Waals surface area contributed by atoms with Crippen LogP contribution in [0.4, 0.5) is 0 Å². The van der Waals surface area contributed by atoms with E-state index < -0.39 is 0 Å². The van der Waals surface area contributed by atoms with Crippen LogP contribution in [0, 0.1) is 3.57 Å². The zero-order chi connectivity index (χ0) is 10.8. The Labute approximate surface area is 100.0 Å². The molecule has 1 aromatic carbocycles. The lowest BCUT2D eigenvalue weighted by atomic mass is 9.87. The van der Waals surface area contributed by atoms with Gasteiger partial charge in [-0.25, -0.2) is 0 Å². The maximum Gasteiger partial charge on any atom is 0.132 e. The van der Waals surface area contributed by atoms with Gasteiger partial charge in [-0.15, -0.1) is 0 Å². The summed E-state index contributed by atoms with van der Waals surface area (Å²) in [6.45, 7) is 9.40. The summed E-state index contributed by atoms with van der Waals surface area (Å²) in [5, 5.41) is 0. The van der Waals surface area contributed by atoms with Crippen LogP contribution < -0.4 is 4.74 Å². The lowest BCUT2D eigenvalue weighted by molar-refractivity contribution is 0.337. The van der Waals surface area contributed by atoms with Gasteiger partial charge >= 0.3 is 0 Å². The highest BCUT2D eigenvalue weighted by molar-refractivity contribution is 14.1. The van der Waals surface area contributed by atoms with Crippen molar-refractivity contribution in [1.29, 1.82) is 0 Å². The summed E-state index contributed by atoms with van der Waals surface area (Å²) in [7, 11) is 0. The fourth-order valence-corrected chi connectivity index (χ4v) is 1.91. The first kappa shape index (κ1) is 11.8. The molecule has 0 saturated carbocycles. The SMILES string of the molecule is CCOc1ccc(C(C)(C)C)cc1I. The number of halogens is 1. The van der Waals surface area contributed by atoms with E-state index in [1.807, 2.05) is 6.92 Å². The molecule has 1 nitrogen and oxygen atoms in total. The molecule has 1 rings (SSSR count). The van der Waals surface area contributed by atoms with Crippen LogP contribution in [0.5, 0.6) is 5.75 Å². The van der Waals surface area contributed by atoms with Gasteiger partial charge in [0.15, 0.2) is 0 Å². The van der Waals surface area contributed by atoms with Gasteiger partial charge in [-0.2, -0.15) is 0 Å². The molecule has 0 heterocycles. The Balaban J connectivity index is 3.01. The third-order valence-electron chi connectivity index (χ3n) is 2.10. The van der Waals surface area contributed by atoms with Gasteiger partial charge in [0, 0.05) is 0 Å². The minimum atomic E-state index is 0.213. The maximum atomic E-state index is 5.50. The molecule has 0 spiro atoms. The second-order valence-corrected chi connectivity index (χ2v) is 5.49. The molecule has 1 aromatic rings. The van der Waals surface area contributed by atoms with E-state index in [4.69, 9.17) is 4.74 Å². The summed E-state index contributed by atoms with van der Waals surface area (Å²) in [6.07, 6.45) is 0. The molecule has 78 valence electrons. The van der Waals surface area contributed by atoms with Crippen molar-refractivity contribution in [2.24, 2.45) is 0 Å². The smallest absolute Gasteiger partial charge is 0.132 e. The highest BCUT2D eigenvalue weighted by Crippen LogP contribution is 2.28. The Morgan fingerprint density at radius 3 is 2.36 bits per heavy atom. The van der Waals surface area contributed by atoms with Crippen molar-refractivity contribution in [3.63, 3.8) is 0 Å². The molecular formula is C12H17IO. The van der Waals surface area contributed by atoms with Crippen LogP contribution in [0.3, 0.4) is 0 Å². The summed E-state index contributed by atoms with van der Waals surface area (Å²) in [6, 6.07) is 6.41. The lowest BCUT2D eigenvalue weighted by Crippen LogP contribution is -2.11. The van der Waals surface area contributed by atoms with E-state index in [0.29, 0.717) is 0 Å². The van der Waals surface area contributed by atoms with Gasteiger partial charge in [-0.05, 0) is 52.6 Å². The molecule has 0 radical (unpaired) electrons. The fraction of sp³-hybridized carbons (Fsp3) is 0.500. The van der Waals surface area contributed by atoms with E-state index in [1.54, 1.807) is 0 Å². The lowest BCUT2D eigenvalue weighted by Gasteiger charge is -2.20. The van der Waals surface area contributed by atoms with Crippen molar-refractivity contribution < 1.29 is 4.74 Å². The summed E-state index contributed by atoms with van der Waals surface area (Å²) < 4.78 is 6.69.